The van der Waals surface area contributed by atoms with Crippen LogP contribution in [0.5, 0.6) is 0 Å². The molecule has 0 fully saturated rings. The maximum absolute atomic E-state index is 9.83. The fourth-order valence-corrected chi connectivity index (χ4v) is 2.82. The second kappa shape index (κ2) is 6.91. The van der Waals surface area contributed by atoms with Gasteiger partial charge in [-0.3, -0.25) is 0 Å². The maximum Gasteiger partial charge on any atom is 0.138 e. The van der Waals surface area contributed by atoms with E-state index < -0.39 is 0 Å². The van der Waals surface area contributed by atoms with Crippen LogP contribution in [0.15, 0.2) is 30.6 Å². The zero-order valence-electron chi connectivity index (χ0n) is 13.7. The van der Waals surface area contributed by atoms with Crippen molar-refractivity contribution in [2.45, 2.75) is 52.3 Å². The molecule has 23 heavy (non-hydrogen) atoms. The molecule has 3 rings (SSSR count). The number of fused-ring (bicyclic) bond motifs is 1. The number of hydrogen-bond donors (Lipinski definition) is 1. The Bertz CT molecular complexity index is 776. The molecule has 1 N–H and O–H groups in total. The highest BCUT2D eigenvalue weighted by molar-refractivity contribution is 5.75. The lowest BCUT2D eigenvalue weighted by atomic mass is 10.2. The maximum atomic E-state index is 9.83. The zero-order chi connectivity index (χ0) is 16.2. The summed E-state index contributed by atoms with van der Waals surface area (Å²) in [5.41, 5.74) is 2.19. The van der Waals surface area contributed by atoms with E-state index in [1.807, 2.05) is 25.1 Å². The van der Waals surface area contributed by atoms with Gasteiger partial charge in [0.1, 0.15) is 18.0 Å². The van der Waals surface area contributed by atoms with E-state index in [1.54, 1.807) is 11.0 Å². The van der Waals surface area contributed by atoms with E-state index in [9.17, 15) is 5.11 Å². The molecule has 0 amide bonds. The standard InChI is InChI=1S/C17H23N5O/c1-3-13(23)11-22-17(18-12-19-22)9-10-21-15-8-6-5-7-14(15)20-16(21)4-2/h5-8,12-13,23H,3-4,9-11H2,1-2H3/t13-/m0/s1. The van der Waals surface area contributed by atoms with Crippen LogP contribution in [-0.4, -0.2) is 35.5 Å². The number of nitrogens with zero attached hydrogens (tertiary/aromatic N) is 5. The monoisotopic (exact) mass is 313 g/mol. The lowest BCUT2D eigenvalue weighted by Gasteiger charge is -2.11. The molecule has 6 heteroatoms. The van der Waals surface area contributed by atoms with Gasteiger partial charge in [-0.2, -0.15) is 5.10 Å². The van der Waals surface area contributed by atoms with Crippen LogP contribution >= 0.6 is 0 Å². The molecule has 0 saturated heterocycles. The van der Waals surface area contributed by atoms with Crippen molar-refractivity contribution < 1.29 is 5.11 Å². The predicted molar refractivity (Wildman–Crippen MR) is 89.1 cm³/mol. The lowest BCUT2D eigenvalue weighted by molar-refractivity contribution is 0.143. The third-order valence-corrected chi connectivity index (χ3v) is 4.16. The van der Waals surface area contributed by atoms with E-state index in [0.717, 1.165) is 42.1 Å². The first-order chi connectivity index (χ1) is 11.2. The number of para-hydroxylation sites is 2. The van der Waals surface area contributed by atoms with Crippen LogP contribution in [0.3, 0.4) is 0 Å². The molecule has 0 aliphatic heterocycles. The number of benzene rings is 1. The van der Waals surface area contributed by atoms with Gasteiger partial charge in [-0.15, -0.1) is 0 Å². The number of aryl methyl sites for hydroxylation is 3. The first kappa shape index (κ1) is 15.7. The lowest BCUT2D eigenvalue weighted by Crippen LogP contribution is -2.19. The Morgan fingerprint density at radius 3 is 2.78 bits per heavy atom. The molecule has 0 spiro atoms. The quantitative estimate of drug-likeness (QED) is 0.726. The normalized spacial score (nSPS) is 12.8. The molecule has 6 nitrogen and oxygen atoms in total. The minimum Gasteiger partial charge on any atom is -0.391 e. The van der Waals surface area contributed by atoms with Gasteiger partial charge in [0, 0.05) is 19.4 Å². The second-order valence-electron chi connectivity index (χ2n) is 5.69. The molecule has 122 valence electrons. The summed E-state index contributed by atoms with van der Waals surface area (Å²) in [5, 5.41) is 14.1. The van der Waals surface area contributed by atoms with Gasteiger partial charge >= 0.3 is 0 Å². The Balaban J connectivity index is 1.80. The van der Waals surface area contributed by atoms with Crippen molar-refractivity contribution >= 4 is 11.0 Å². The average molecular weight is 313 g/mol. The zero-order valence-corrected chi connectivity index (χ0v) is 13.7. The first-order valence-electron chi connectivity index (χ1n) is 8.21. The SMILES string of the molecule is CCc1nc2ccccc2n1CCc1ncnn1C[C@@H](O)CC. The number of imidazole rings is 1. The summed E-state index contributed by atoms with van der Waals surface area (Å²) in [6, 6.07) is 8.21. The highest BCUT2D eigenvalue weighted by atomic mass is 16.3. The molecule has 0 unspecified atom stereocenters. The molecule has 0 aliphatic rings. The molecule has 2 aromatic heterocycles. The highest BCUT2D eigenvalue weighted by Crippen LogP contribution is 2.17. The van der Waals surface area contributed by atoms with Gasteiger partial charge in [-0.1, -0.05) is 26.0 Å². The molecule has 1 atom stereocenters. The molecule has 0 bridgehead atoms. The molecular formula is C17H23N5O. The van der Waals surface area contributed by atoms with Crippen LogP contribution in [0.2, 0.25) is 0 Å². The third kappa shape index (κ3) is 3.27. The average Bonchev–Trinajstić information content (AvgIpc) is 3.16. The summed E-state index contributed by atoms with van der Waals surface area (Å²) in [5.74, 6) is 1.99. The molecule has 3 aromatic rings. The van der Waals surface area contributed by atoms with Crippen molar-refractivity contribution in [1.82, 2.24) is 24.3 Å². The van der Waals surface area contributed by atoms with Crippen molar-refractivity contribution in [2.24, 2.45) is 0 Å². The second-order valence-corrected chi connectivity index (χ2v) is 5.69. The predicted octanol–water partition coefficient (Wildman–Crippen LogP) is 2.20. The molecule has 1 aromatic carbocycles. The van der Waals surface area contributed by atoms with Crippen LogP contribution < -0.4 is 0 Å². The third-order valence-electron chi connectivity index (χ3n) is 4.16. The van der Waals surface area contributed by atoms with Gasteiger partial charge in [-0.05, 0) is 18.6 Å². The number of rotatable bonds is 7. The van der Waals surface area contributed by atoms with E-state index in [4.69, 9.17) is 4.98 Å². The molecular weight excluding hydrogens is 290 g/mol. The number of aliphatic hydroxyl groups is 1. The molecule has 2 heterocycles. The summed E-state index contributed by atoms with van der Waals surface area (Å²) in [6.07, 6.45) is 3.56. The van der Waals surface area contributed by atoms with E-state index in [-0.39, 0.29) is 6.10 Å². The van der Waals surface area contributed by atoms with Crippen molar-refractivity contribution in [3.05, 3.63) is 42.2 Å². The van der Waals surface area contributed by atoms with Gasteiger partial charge in [0.25, 0.3) is 0 Å². The van der Waals surface area contributed by atoms with Gasteiger partial charge in [0.05, 0.1) is 23.7 Å². The summed E-state index contributed by atoms with van der Waals surface area (Å²) in [6.45, 7) is 5.39. The van der Waals surface area contributed by atoms with Crippen molar-refractivity contribution in [3.8, 4) is 0 Å². The molecule has 0 radical (unpaired) electrons. The fraction of sp³-hybridized carbons (Fsp3) is 0.471. The summed E-state index contributed by atoms with van der Waals surface area (Å²) in [7, 11) is 0. The Kier molecular flexibility index (Phi) is 4.71. The topological polar surface area (TPSA) is 68.8 Å². The van der Waals surface area contributed by atoms with E-state index in [2.05, 4.69) is 27.6 Å². The van der Waals surface area contributed by atoms with Crippen LogP contribution in [0.4, 0.5) is 0 Å². The van der Waals surface area contributed by atoms with Crippen molar-refractivity contribution in [1.29, 1.82) is 0 Å². The summed E-state index contributed by atoms with van der Waals surface area (Å²) in [4.78, 5) is 9.04. The van der Waals surface area contributed by atoms with Gasteiger partial charge in [0.15, 0.2) is 0 Å². The number of aromatic nitrogens is 5. The van der Waals surface area contributed by atoms with Gasteiger partial charge < -0.3 is 9.67 Å². The van der Waals surface area contributed by atoms with Crippen molar-refractivity contribution in [2.75, 3.05) is 0 Å². The van der Waals surface area contributed by atoms with Crippen LogP contribution in [0, 0.1) is 0 Å². The van der Waals surface area contributed by atoms with Gasteiger partial charge in [0.2, 0.25) is 0 Å². The first-order valence-corrected chi connectivity index (χ1v) is 8.21. The summed E-state index contributed by atoms with van der Waals surface area (Å²) >= 11 is 0. The van der Waals surface area contributed by atoms with Crippen LogP contribution in [-0.2, 0) is 25.9 Å². The Hall–Kier alpha value is -2.21. The fourth-order valence-electron chi connectivity index (χ4n) is 2.82. The molecule has 0 saturated carbocycles. The molecule has 0 aliphatic carbocycles. The van der Waals surface area contributed by atoms with Crippen LogP contribution in [0.1, 0.15) is 31.9 Å². The number of hydrogen-bond acceptors (Lipinski definition) is 4. The summed E-state index contributed by atoms with van der Waals surface area (Å²) < 4.78 is 4.06. The number of aliphatic hydroxyl groups excluding tert-OH is 1. The Labute approximate surface area is 135 Å². The van der Waals surface area contributed by atoms with Gasteiger partial charge in [-0.25, -0.2) is 14.6 Å². The smallest absolute Gasteiger partial charge is 0.138 e. The van der Waals surface area contributed by atoms with Crippen molar-refractivity contribution in [3.63, 3.8) is 0 Å². The van der Waals surface area contributed by atoms with Crippen LogP contribution in [0.25, 0.3) is 11.0 Å². The Morgan fingerprint density at radius 2 is 2.00 bits per heavy atom. The minimum atomic E-state index is -0.379. The van der Waals surface area contributed by atoms with E-state index in [0.29, 0.717) is 13.0 Å². The van der Waals surface area contributed by atoms with E-state index >= 15 is 0 Å². The largest absolute Gasteiger partial charge is 0.391 e. The Morgan fingerprint density at radius 1 is 1.17 bits per heavy atom. The van der Waals surface area contributed by atoms with E-state index in [1.165, 1.54) is 0 Å². The highest BCUT2D eigenvalue weighted by Gasteiger charge is 2.12. The minimum absolute atomic E-state index is 0.379.